The molecule has 4 heteroatoms. The minimum absolute atomic E-state index is 0.149. The maximum atomic E-state index is 13.4. The summed E-state index contributed by atoms with van der Waals surface area (Å²) in [4.78, 5) is 13.8. The number of rotatable bonds is 4. The number of carbonyl (C=O) groups excluding carboxylic acids is 1. The molecular weight excluding hydrogens is 267 g/mol. The average molecular weight is 284 g/mol. The summed E-state index contributed by atoms with van der Waals surface area (Å²) >= 11 is 0. The van der Waals surface area contributed by atoms with E-state index in [1.54, 1.807) is 11.0 Å². The number of amides is 1. The lowest BCUT2D eigenvalue weighted by Crippen LogP contribution is -2.32. The van der Waals surface area contributed by atoms with Crippen LogP contribution in [0.15, 0.2) is 48.5 Å². The Kier molecular flexibility index (Phi) is 3.71. The van der Waals surface area contributed by atoms with Crippen molar-refractivity contribution in [2.75, 3.05) is 11.4 Å². The predicted molar refractivity (Wildman–Crippen MR) is 80.4 cm³/mol. The van der Waals surface area contributed by atoms with Crippen LogP contribution in [0.1, 0.15) is 23.6 Å². The Labute approximate surface area is 123 Å². The van der Waals surface area contributed by atoms with Crippen LogP contribution in [0.2, 0.25) is 0 Å². The molecular formula is C17H17FN2O. The van der Waals surface area contributed by atoms with E-state index in [0.29, 0.717) is 17.8 Å². The molecule has 0 aromatic heterocycles. The lowest BCUT2D eigenvalue weighted by Gasteiger charge is -2.17. The number of benzene rings is 2. The Morgan fingerprint density at radius 2 is 1.90 bits per heavy atom. The number of carbonyl (C=O) groups is 1. The highest BCUT2D eigenvalue weighted by Gasteiger charge is 2.34. The molecule has 0 radical (unpaired) electrons. The molecule has 1 unspecified atom stereocenters. The molecule has 0 bridgehead atoms. The van der Waals surface area contributed by atoms with Gasteiger partial charge >= 0.3 is 0 Å². The van der Waals surface area contributed by atoms with Crippen molar-refractivity contribution in [2.24, 2.45) is 5.73 Å². The van der Waals surface area contributed by atoms with Gasteiger partial charge in [-0.1, -0.05) is 36.4 Å². The third-order valence-corrected chi connectivity index (χ3v) is 3.84. The van der Waals surface area contributed by atoms with Crippen molar-refractivity contribution in [1.29, 1.82) is 0 Å². The lowest BCUT2D eigenvalue weighted by molar-refractivity contribution is -0.119. The van der Waals surface area contributed by atoms with E-state index in [2.05, 4.69) is 12.1 Å². The minimum atomic E-state index is -0.669. The number of anilines is 1. The topological polar surface area (TPSA) is 46.3 Å². The minimum Gasteiger partial charge on any atom is -0.316 e. The number of hydrogen-bond acceptors (Lipinski definition) is 2. The highest BCUT2D eigenvalue weighted by Crippen LogP contribution is 2.35. The second-order valence-corrected chi connectivity index (χ2v) is 5.26. The standard InChI is InChI=1S/C17H17FN2O/c18-13-8-9-14-15(11-13)20(17(21)16(14)19)10-4-7-12-5-2-1-3-6-12/h1-3,5-6,8-9,11,16H,4,7,10,19H2. The normalized spacial score (nSPS) is 17.1. The SMILES string of the molecule is NC1C(=O)N(CCCc2ccccc2)c2cc(F)ccc21. The summed E-state index contributed by atoms with van der Waals surface area (Å²) in [7, 11) is 0. The van der Waals surface area contributed by atoms with Crippen LogP contribution in [0.4, 0.5) is 10.1 Å². The molecule has 0 aliphatic carbocycles. The van der Waals surface area contributed by atoms with Crippen molar-refractivity contribution in [1.82, 2.24) is 0 Å². The van der Waals surface area contributed by atoms with Gasteiger partial charge in [-0.2, -0.15) is 0 Å². The molecule has 3 rings (SSSR count). The summed E-state index contributed by atoms with van der Waals surface area (Å²) < 4.78 is 13.4. The van der Waals surface area contributed by atoms with Gasteiger partial charge in [0.25, 0.3) is 0 Å². The van der Waals surface area contributed by atoms with Crippen LogP contribution in [-0.4, -0.2) is 12.5 Å². The molecule has 1 amide bonds. The summed E-state index contributed by atoms with van der Waals surface area (Å²) in [5, 5.41) is 0. The fraction of sp³-hybridized carbons (Fsp3) is 0.235. The molecule has 1 heterocycles. The van der Waals surface area contributed by atoms with Gasteiger partial charge in [0.15, 0.2) is 0 Å². The lowest BCUT2D eigenvalue weighted by atomic mass is 10.1. The first-order valence-corrected chi connectivity index (χ1v) is 7.07. The molecule has 21 heavy (non-hydrogen) atoms. The second-order valence-electron chi connectivity index (χ2n) is 5.26. The van der Waals surface area contributed by atoms with E-state index in [4.69, 9.17) is 5.73 Å². The number of fused-ring (bicyclic) bond motifs is 1. The monoisotopic (exact) mass is 284 g/mol. The molecule has 0 saturated carbocycles. The van der Waals surface area contributed by atoms with Crippen molar-refractivity contribution < 1.29 is 9.18 Å². The molecule has 0 saturated heterocycles. The predicted octanol–water partition coefficient (Wildman–Crippen LogP) is 2.80. The summed E-state index contributed by atoms with van der Waals surface area (Å²) in [5.41, 5.74) is 8.45. The maximum Gasteiger partial charge on any atom is 0.248 e. The first kappa shape index (κ1) is 13.8. The molecule has 108 valence electrons. The first-order valence-electron chi connectivity index (χ1n) is 7.07. The molecule has 2 aromatic rings. The summed E-state index contributed by atoms with van der Waals surface area (Å²) in [6, 6.07) is 13.8. The zero-order chi connectivity index (χ0) is 14.8. The molecule has 0 fully saturated rings. The van der Waals surface area contributed by atoms with Gasteiger partial charge in [0.05, 0.1) is 5.69 Å². The quantitative estimate of drug-likeness (QED) is 0.938. The Balaban J connectivity index is 1.71. The van der Waals surface area contributed by atoms with Crippen molar-refractivity contribution >= 4 is 11.6 Å². The Morgan fingerprint density at radius 1 is 1.14 bits per heavy atom. The van der Waals surface area contributed by atoms with E-state index in [0.717, 1.165) is 12.8 Å². The van der Waals surface area contributed by atoms with Crippen molar-refractivity contribution in [3.63, 3.8) is 0 Å². The van der Waals surface area contributed by atoms with Gasteiger partial charge in [-0.3, -0.25) is 4.79 Å². The van der Waals surface area contributed by atoms with E-state index in [-0.39, 0.29) is 11.7 Å². The molecule has 2 N–H and O–H groups in total. The third-order valence-electron chi connectivity index (χ3n) is 3.84. The van der Waals surface area contributed by atoms with E-state index < -0.39 is 6.04 Å². The van der Waals surface area contributed by atoms with Gasteiger partial charge < -0.3 is 10.6 Å². The van der Waals surface area contributed by atoms with Crippen LogP contribution in [-0.2, 0) is 11.2 Å². The van der Waals surface area contributed by atoms with Gasteiger partial charge in [0.2, 0.25) is 5.91 Å². The number of halogens is 1. The molecule has 2 aromatic carbocycles. The van der Waals surface area contributed by atoms with Gasteiger partial charge in [-0.25, -0.2) is 4.39 Å². The zero-order valence-corrected chi connectivity index (χ0v) is 11.6. The molecule has 1 aliphatic heterocycles. The highest BCUT2D eigenvalue weighted by molar-refractivity contribution is 6.04. The van der Waals surface area contributed by atoms with Gasteiger partial charge in [0, 0.05) is 12.1 Å². The fourth-order valence-corrected chi connectivity index (χ4v) is 2.75. The first-order chi connectivity index (χ1) is 10.2. The van der Waals surface area contributed by atoms with E-state index in [1.165, 1.54) is 17.7 Å². The van der Waals surface area contributed by atoms with Crippen LogP contribution in [0.5, 0.6) is 0 Å². The van der Waals surface area contributed by atoms with Gasteiger partial charge in [-0.15, -0.1) is 0 Å². The summed E-state index contributed by atoms with van der Waals surface area (Å²) in [5.74, 6) is -0.493. The fourth-order valence-electron chi connectivity index (χ4n) is 2.75. The highest BCUT2D eigenvalue weighted by atomic mass is 19.1. The second kappa shape index (κ2) is 5.66. The molecule has 1 aliphatic rings. The third kappa shape index (κ3) is 2.67. The Hall–Kier alpha value is -2.20. The number of nitrogens with zero attached hydrogens (tertiary/aromatic N) is 1. The number of nitrogens with two attached hydrogens (primary N) is 1. The van der Waals surface area contributed by atoms with Crippen LogP contribution >= 0.6 is 0 Å². The van der Waals surface area contributed by atoms with Crippen LogP contribution < -0.4 is 10.6 Å². The van der Waals surface area contributed by atoms with E-state index in [1.807, 2.05) is 18.2 Å². The van der Waals surface area contributed by atoms with E-state index >= 15 is 0 Å². The summed E-state index contributed by atoms with van der Waals surface area (Å²) in [6.07, 6.45) is 1.70. The number of hydrogen-bond donors (Lipinski definition) is 1. The van der Waals surface area contributed by atoms with Crippen molar-refractivity contribution in [3.05, 3.63) is 65.5 Å². The van der Waals surface area contributed by atoms with Crippen LogP contribution in [0.3, 0.4) is 0 Å². The zero-order valence-electron chi connectivity index (χ0n) is 11.6. The van der Waals surface area contributed by atoms with Crippen molar-refractivity contribution in [2.45, 2.75) is 18.9 Å². The van der Waals surface area contributed by atoms with Gasteiger partial charge in [0.1, 0.15) is 11.9 Å². The molecule has 3 nitrogen and oxygen atoms in total. The van der Waals surface area contributed by atoms with Crippen molar-refractivity contribution in [3.8, 4) is 0 Å². The maximum absolute atomic E-state index is 13.4. The molecule has 1 atom stereocenters. The summed E-state index contributed by atoms with van der Waals surface area (Å²) in [6.45, 7) is 0.553. The average Bonchev–Trinajstić information content (AvgIpc) is 2.73. The van der Waals surface area contributed by atoms with Crippen LogP contribution in [0, 0.1) is 5.82 Å². The van der Waals surface area contributed by atoms with Gasteiger partial charge in [-0.05, 0) is 30.5 Å². The smallest absolute Gasteiger partial charge is 0.248 e. The Bertz CT molecular complexity index is 657. The largest absolute Gasteiger partial charge is 0.316 e. The number of aryl methyl sites for hydroxylation is 1. The molecule has 0 spiro atoms. The van der Waals surface area contributed by atoms with Crippen LogP contribution in [0.25, 0.3) is 0 Å². The Morgan fingerprint density at radius 3 is 2.67 bits per heavy atom. The van der Waals surface area contributed by atoms with E-state index in [9.17, 15) is 9.18 Å².